The highest BCUT2D eigenvalue weighted by Gasteiger charge is 2.26. The molecule has 1 aliphatic rings. The van der Waals surface area contributed by atoms with E-state index in [2.05, 4.69) is 17.2 Å². The normalized spacial score (nSPS) is 18.2. The Balaban J connectivity index is 1.95. The SMILES string of the molecule is CCC1CCN(C(=O)c2cc(NC)c3ccccc3n2)C1. The van der Waals surface area contributed by atoms with Gasteiger partial charge < -0.3 is 10.2 Å². The average Bonchev–Trinajstić information content (AvgIpc) is 3.02. The van der Waals surface area contributed by atoms with Crippen molar-refractivity contribution in [3.05, 3.63) is 36.0 Å². The van der Waals surface area contributed by atoms with Gasteiger partial charge in [-0.3, -0.25) is 4.79 Å². The number of hydrogen-bond donors (Lipinski definition) is 1. The maximum atomic E-state index is 12.7. The Kier molecular flexibility index (Phi) is 3.78. The minimum Gasteiger partial charge on any atom is -0.388 e. The van der Waals surface area contributed by atoms with Crippen molar-refractivity contribution in [1.29, 1.82) is 0 Å². The fourth-order valence-corrected chi connectivity index (χ4v) is 3.00. The molecule has 1 aromatic heterocycles. The molecule has 0 bridgehead atoms. The maximum Gasteiger partial charge on any atom is 0.272 e. The van der Waals surface area contributed by atoms with Gasteiger partial charge in [-0.1, -0.05) is 31.5 Å². The lowest BCUT2D eigenvalue weighted by atomic mass is 10.1. The Hall–Kier alpha value is -2.10. The van der Waals surface area contributed by atoms with Crippen LogP contribution in [0.3, 0.4) is 0 Å². The van der Waals surface area contributed by atoms with Gasteiger partial charge in [0.05, 0.1) is 5.52 Å². The first-order valence-corrected chi connectivity index (χ1v) is 7.59. The largest absolute Gasteiger partial charge is 0.388 e. The van der Waals surface area contributed by atoms with Crippen LogP contribution in [0.15, 0.2) is 30.3 Å². The van der Waals surface area contributed by atoms with Crippen molar-refractivity contribution in [2.24, 2.45) is 5.92 Å². The van der Waals surface area contributed by atoms with Crippen LogP contribution in [0.2, 0.25) is 0 Å². The monoisotopic (exact) mass is 283 g/mol. The van der Waals surface area contributed by atoms with E-state index in [1.165, 1.54) is 0 Å². The number of pyridine rings is 1. The lowest BCUT2D eigenvalue weighted by Crippen LogP contribution is -2.29. The van der Waals surface area contributed by atoms with Gasteiger partial charge in [0.2, 0.25) is 0 Å². The molecule has 4 heteroatoms. The number of aromatic nitrogens is 1. The maximum absolute atomic E-state index is 12.7. The number of nitrogens with one attached hydrogen (secondary N) is 1. The van der Waals surface area contributed by atoms with E-state index in [9.17, 15) is 4.79 Å². The van der Waals surface area contributed by atoms with Crippen molar-refractivity contribution in [1.82, 2.24) is 9.88 Å². The van der Waals surface area contributed by atoms with E-state index in [-0.39, 0.29) is 5.91 Å². The first-order chi connectivity index (χ1) is 10.2. The van der Waals surface area contributed by atoms with E-state index in [1.807, 2.05) is 42.3 Å². The molecule has 0 saturated carbocycles. The summed E-state index contributed by atoms with van der Waals surface area (Å²) < 4.78 is 0. The summed E-state index contributed by atoms with van der Waals surface area (Å²) in [5, 5.41) is 4.21. The van der Waals surface area contributed by atoms with Gasteiger partial charge in [0.15, 0.2) is 0 Å². The molecular weight excluding hydrogens is 262 g/mol. The molecule has 0 spiro atoms. The van der Waals surface area contributed by atoms with Gasteiger partial charge in [-0.2, -0.15) is 0 Å². The van der Waals surface area contributed by atoms with E-state index >= 15 is 0 Å². The quantitative estimate of drug-likeness (QED) is 0.941. The summed E-state index contributed by atoms with van der Waals surface area (Å²) in [5.74, 6) is 0.686. The van der Waals surface area contributed by atoms with E-state index in [0.717, 1.165) is 42.5 Å². The number of rotatable bonds is 3. The van der Waals surface area contributed by atoms with Crippen LogP contribution in [0.25, 0.3) is 10.9 Å². The summed E-state index contributed by atoms with van der Waals surface area (Å²) in [6, 6.07) is 9.77. The highest BCUT2D eigenvalue weighted by molar-refractivity contribution is 5.99. The molecule has 1 N–H and O–H groups in total. The predicted molar refractivity (Wildman–Crippen MR) is 85.6 cm³/mol. The lowest BCUT2D eigenvalue weighted by Gasteiger charge is -2.17. The van der Waals surface area contributed by atoms with Crippen molar-refractivity contribution >= 4 is 22.5 Å². The second kappa shape index (κ2) is 5.72. The van der Waals surface area contributed by atoms with Crippen molar-refractivity contribution in [3.63, 3.8) is 0 Å². The molecule has 2 aromatic rings. The molecule has 4 nitrogen and oxygen atoms in total. The fraction of sp³-hybridized carbons (Fsp3) is 0.412. The van der Waals surface area contributed by atoms with Crippen LogP contribution < -0.4 is 5.32 Å². The number of amides is 1. The van der Waals surface area contributed by atoms with Crippen LogP contribution in [-0.4, -0.2) is 35.9 Å². The van der Waals surface area contributed by atoms with Crippen LogP contribution in [0, 0.1) is 5.92 Å². The van der Waals surface area contributed by atoms with E-state index in [1.54, 1.807) is 0 Å². The van der Waals surface area contributed by atoms with Gasteiger partial charge in [-0.15, -0.1) is 0 Å². The summed E-state index contributed by atoms with van der Waals surface area (Å²) in [6.07, 6.45) is 2.24. The molecule has 2 heterocycles. The molecule has 1 amide bonds. The summed E-state index contributed by atoms with van der Waals surface area (Å²) in [5.41, 5.74) is 2.35. The number of nitrogens with zero attached hydrogens (tertiary/aromatic N) is 2. The van der Waals surface area contributed by atoms with E-state index in [4.69, 9.17) is 0 Å². The third-order valence-corrected chi connectivity index (χ3v) is 4.36. The van der Waals surface area contributed by atoms with Gasteiger partial charge >= 0.3 is 0 Å². The number of carbonyl (C=O) groups is 1. The van der Waals surface area contributed by atoms with E-state index in [0.29, 0.717) is 11.6 Å². The van der Waals surface area contributed by atoms with Gasteiger partial charge in [0, 0.05) is 31.2 Å². The average molecular weight is 283 g/mol. The van der Waals surface area contributed by atoms with Crippen molar-refractivity contribution in [2.45, 2.75) is 19.8 Å². The van der Waals surface area contributed by atoms with E-state index < -0.39 is 0 Å². The number of anilines is 1. The van der Waals surface area contributed by atoms with Gasteiger partial charge in [0.25, 0.3) is 5.91 Å². The minimum atomic E-state index is 0.0493. The number of benzene rings is 1. The number of fused-ring (bicyclic) bond motifs is 1. The number of carbonyl (C=O) groups excluding carboxylic acids is 1. The van der Waals surface area contributed by atoms with Crippen molar-refractivity contribution < 1.29 is 4.79 Å². The molecule has 0 aliphatic carbocycles. The Labute approximate surface area is 125 Å². The molecule has 3 rings (SSSR count). The highest BCUT2D eigenvalue weighted by atomic mass is 16.2. The smallest absolute Gasteiger partial charge is 0.272 e. The van der Waals surface area contributed by atoms with Crippen molar-refractivity contribution in [3.8, 4) is 0 Å². The molecule has 1 atom stereocenters. The standard InChI is InChI=1S/C17H21N3O/c1-3-12-8-9-20(11-12)17(21)16-10-15(18-2)13-6-4-5-7-14(13)19-16/h4-7,10,12H,3,8-9,11H2,1-2H3,(H,18,19). The van der Waals surface area contributed by atoms with Gasteiger partial charge in [-0.05, 0) is 24.5 Å². The molecule has 21 heavy (non-hydrogen) atoms. The molecule has 1 aliphatic heterocycles. The third kappa shape index (κ3) is 2.58. The van der Waals surface area contributed by atoms with Crippen LogP contribution in [0.4, 0.5) is 5.69 Å². The molecule has 1 unspecified atom stereocenters. The summed E-state index contributed by atoms with van der Waals surface area (Å²) in [4.78, 5) is 19.1. The summed E-state index contributed by atoms with van der Waals surface area (Å²) in [6.45, 7) is 3.89. The number of likely N-dealkylation sites (tertiary alicyclic amines) is 1. The van der Waals surface area contributed by atoms with Gasteiger partial charge in [-0.25, -0.2) is 4.98 Å². The van der Waals surface area contributed by atoms with Crippen LogP contribution >= 0.6 is 0 Å². The fourth-order valence-electron chi connectivity index (χ4n) is 3.00. The first kappa shape index (κ1) is 13.9. The zero-order valence-electron chi connectivity index (χ0n) is 12.6. The highest BCUT2D eigenvalue weighted by Crippen LogP contribution is 2.25. The zero-order valence-corrected chi connectivity index (χ0v) is 12.6. The Bertz CT molecular complexity index is 668. The van der Waals surface area contributed by atoms with Crippen molar-refractivity contribution in [2.75, 3.05) is 25.5 Å². The molecule has 0 radical (unpaired) electrons. The Morgan fingerprint density at radius 1 is 1.43 bits per heavy atom. The topological polar surface area (TPSA) is 45.2 Å². The van der Waals surface area contributed by atoms with Gasteiger partial charge in [0.1, 0.15) is 5.69 Å². The molecule has 1 aromatic carbocycles. The van der Waals surface area contributed by atoms with Crippen LogP contribution in [-0.2, 0) is 0 Å². The molecular formula is C17H21N3O. The predicted octanol–water partition coefficient (Wildman–Crippen LogP) is 3.15. The second-order valence-electron chi connectivity index (χ2n) is 5.64. The summed E-state index contributed by atoms with van der Waals surface area (Å²) >= 11 is 0. The molecule has 1 saturated heterocycles. The molecule has 110 valence electrons. The number of hydrogen-bond acceptors (Lipinski definition) is 3. The number of para-hydroxylation sites is 1. The second-order valence-corrected chi connectivity index (χ2v) is 5.64. The molecule has 1 fully saturated rings. The van der Waals surface area contributed by atoms with Crippen LogP contribution in [0.5, 0.6) is 0 Å². The summed E-state index contributed by atoms with van der Waals surface area (Å²) in [7, 11) is 1.87. The lowest BCUT2D eigenvalue weighted by molar-refractivity contribution is 0.0781. The zero-order chi connectivity index (χ0) is 14.8. The van der Waals surface area contributed by atoms with Crippen LogP contribution in [0.1, 0.15) is 30.3 Å². The Morgan fingerprint density at radius 3 is 2.95 bits per heavy atom. The first-order valence-electron chi connectivity index (χ1n) is 7.59. The Morgan fingerprint density at radius 2 is 2.24 bits per heavy atom. The minimum absolute atomic E-state index is 0.0493. The third-order valence-electron chi connectivity index (χ3n) is 4.36.